The summed E-state index contributed by atoms with van der Waals surface area (Å²) in [6.45, 7) is 9.35. The number of carbonyl (C=O) groups excluding carboxylic acids is 1. The third kappa shape index (κ3) is 4.85. The Hall–Kier alpha value is -2.88. The van der Waals surface area contributed by atoms with Gasteiger partial charge >= 0.3 is 0 Å². The number of hydrogen-bond donors (Lipinski definition) is 1. The number of hydrogen-bond acceptors (Lipinski definition) is 2. The summed E-state index contributed by atoms with van der Waals surface area (Å²) in [5.41, 5.74) is 4.33. The van der Waals surface area contributed by atoms with Crippen molar-refractivity contribution in [1.82, 2.24) is 14.9 Å². The van der Waals surface area contributed by atoms with Gasteiger partial charge in [-0.3, -0.25) is 4.79 Å². The average Bonchev–Trinajstić information content (AvgIpc) is 3.14. The van der Waals surface area contributed by atoms with Crippen molar-refractivity contribution < 1.29 is 4.79 Å². The summed E-state index contributed by atoms with van der Waals surface area (Å²) in [4.78, 5) is 16.6. The van der Waals surface area contributed by atoms with Crippen molar-refractivity contribution in [1.29, 1.82) is 0 Å². The largest absolute Gasteiger partial charge is 0.346 e. The minimum atomic E-state index is -0.0587. The molecule has 27 heavy (non-hydrogen) atoms. The molecule has 0 unspecified atom stereocenters. The second-order valence-corrected chi connectivity index (χ2v) is 8.00. The van der Waals surface area contributed by atoms with Gasteiger partial charge in [-0.05, 0) is 41.2 Å². The monoisotopic (exact) mass is 361 g/mol. The fourth-order valence-corrected chi connectivity index (χ4v) is 2.99. The number of imidazole rings is 1. The van der Waals surface area contributed by atoms with E-state index >= 15 is 0 Å². The number of benzene rings is 2. The smallest absolute Gasteiger partial charge is 0.251 e. The van der Waals surface area contributed by atoms with Crippen molar-refractivity contribution in [3.8, 4) is 0 Å². The maximum absolute atomic E-state index is 12.6. The van der Waals surface area contributed by atoms with Crippen LogP contribution in [-0.2, 0) is 12.0 Å². The van der Waals surface area contributed by atoms with Crippen LogP contribution in [0.2, 0.25) is 0 Å². The van der Waals surface area contributed by atoms with Crippen LogP contribution in [-0.4, -0.2) is 15.5 Å². The lowest BCUT2D eigenvalue weighted by atomic mass is 9.86. The molecule has 0 fully saturated rings. The number of amides is 1. The second kappa shape index (κ2) is 7.78. The number of nitrogens with zero attached hydrogens (tertiary/aromatic N) is 2. The number of nitrogens with one attached hydrogen (secondary N) is 1. The molecule has 0 spiro atoms. The predicted octanol–water partition coefficient (Wildman–Crippen LogP) is 4.72. The van der Waals surface area contributed by atoms with Gasteiger partial charge in [0, 0.05) is 24.5 Å². The SMILES string of the molecule is C[C@H](NC(=O)c1ccc(Cn2ccnc2)cc1)c1ccc(C(C)(C)C)cc1. The van der Waals surface area contributed by atoms with Gasteiger partial charge in [0.2, 0.25) is 0 Å². The molecule has 4 nitrogen and oxygen atoms in total. The Morgan fingerprint density at radius 1 is 1.07 bits per heavy atom. The van der Waals surface area contributed by atoms with Crippen molar-refractivity contribution in [3.63, 3.8) is 0 Å². The molecule has 0 bridgehead atoms. The van der Waals surface area contributed by atoms with Crippen LogP contribution < -0.4 is 5.32 Å². The first kappa shape index (κ1) is 18.9. The van der Waals surface area contributed by atoms with E-state index in [4.69, 9.17) is 0 Å². The number of carbonyl (C=O) groups is 1. The van der Waals surface area contributed by atoms with Crippen LogP contribution in [0.15, 0.2) is 67.3 Å². The summed E-state index contributed by atoms with van der Waals surface area (Å²) >= 11 is 0. The highest BCUT2D eigenvalue weighted by atomic mass is 16.1. The first-order valence-electron chi connectivity index (χ1n) is 9.29. The Kier molecular flexibility index (Phi) is 5.45. The molecule has 140 valence electrons. The first-order valence-corrected chi connectivity index (χ1v) is 9.29. The van der Waals surface area contributed by atoms with E-state index in [1.807, 2.05) is 42.0 Å². The summed E-state index contributed by atoms with van der Waals surface area (Å²) in [7, 11) is 0. The summed E-state index contributed by atoms with van der Waals surface area (Å²) in [5.74, 6) is -0.0587. The number of rotatable bonds is 5. The zero-order chi connectivity index (χ0) is 19.4. The van der Waals surface area contributed by atoms with Crippen LogP contribution >= 0.6 is 0 Å². The average molecular weight is 361 g/mol. The van der Waals surface area contributed by atoms with Crippen molar-refractivity contribution in [2.45, 2.75) is 45.7 Å². The lowest BCUT2D eigenvalue weighted by Crippen LogP contribution is -2.26. The van der Waals surface area contributed by atoms with E-state index in [0.29, 0.717) is 5.56 Å². The molecule has 1 atom stereocenters. The molecule has 0 saturated heterocycles. The minimum Gasteiger partial charge on any atom is -0.346 e. The fourth-order valence-electron chi connectivity index (χ4n) is 2.99. The Labute approximate surface area is 161 Å². The van der Waals surface area contributed by atoms with E-state index < -0.39 is 0 Å². The standard InChI is InChI=1S/C23H27N3O/c1-17(19-9-11-21(12-10-19)23(2,3)4)25-22(27)20-7-5-18(6-8-20)15-26-14-13-24-16-26/h5-14,16-17H,15H2,1-4H3,(H,25,27)/t17-/m0/s1. The summed E-state index contributed by atoms with van der Waals surface area (Å²) in [5, 5.41) is 3.08. The molecule has 1 heterocycles. The maximum Gasteiger partial charge on any atom is 0.251 e. The lowest BCUT2D eigenvalue weighted by molar-refractivity contribution is 0.0940. The molecule has 1 N–H and O–H groups in total. The molecular weight excluding hydrogens is 334 g/mol. The van der Waals surface area contributed by atoms with Crippen LogP contribution in [0.25, 0.3) is 0 Å². The first-order chi connectivity index (χ1) is 12.8. The van der Waals surface area contributed by atoms with Gasteiger partial charge in [0.15, 0.2) is 0 Å². The second-order valence-electron chi connectivity index (χ2n) is 8.00. The highest BCUT2D eigenvalue weighted by Crippen LogP contribution is 2.24. The third-order valence-electron chi connectivity index (χ3n) is 4.76. The van der Waals surface area contributed by atoms with E-state index in [9.17, 15) is 4.79 Å². The quantitative estimate of drug-likeness (QED) is 0.715. The van der Waals surface area contributed by atoms with Crippen LogP contribution in [0.3, 0.4) is 0 Å². The molecule has 0 saturated carbocycles. The fraction of sp³-hybridized carbons (Fsp3) is 0.304. The zero-order valence-corrected chi connectivity index (χ0v) is 16.4. The molecule has 1 aromatic heterocycles. The van der Waals surface area contributed by atoms with Gasteiger partial charge in [-0.1, -0.05) is 57.2 Å². The van der Waals surface area contributed by atoms with Crippen molar-refractivity contribution in [2.75, 3.05) is 0 Å². The Morgan fingerprint density at radius 2 is 1.74 bits per heavy atom. The molecular formula is C23H27N3O. The Balaban J connectivity index is 1.62. The molecule has 4 heteroatoms. The lowest BCUT2D eigenvalue weighted by Gasteiger charge is -2.20. The van der Waals surface area contributed by atoms with Crippen molar-refractivity contribution >= 4 is 5.91 Å². The van der Waals surface area contributed by atoms with Gasteiger partial charge in [-0.25, -0.2) is 4.98 Å². The minimum absolute atomic E-state index is 0.0443. The molecule has 3 aromatic rings. The van der Waals surface area contributed by atoms with Gasteiger partial charge < -0.3 is 9.88 Å². The molecule has 3 rings (SSSR count). The molecule has 0 aliphatic heterocycles. The van der Waals surface area contributed by atoms with Crippen LogP contribution in [0, 0.1) is 0 Å². The van der Waals surface area contributed by atoms with E-state index in [1.54, 1.807) is 12.5 Å². The molecule has 0 radical (unpaired) electrons. The third-order valence-corrected chi connectivity index (χ3v) is 4.76. The van der Waals surface area contributed by atoms with Gasteiger partial charge in [-0.2, -0.15) is 0 Å². The molecule has 1 amide bonds. The summed E-state index contributed by atoms with van der Waals surface area (Å²) in [6, 6.07) is 16.1. The highest BCUT2D eigenvalue weighted by Gasteiger charge is 2.15. The van der Waals surface area contributed by atoms with Gasteiger partial charge in [0.25, 0.3) is 5.91 Å². The highest BCUT2D eigenvalue weighted by molar-refractivity contribution is 5.94. The molecule has 2 aromatic carbocycles. The summed E-state index contributed by atoms with van der Waals surface area (Å²) in [6.07, 6.45) is 5.47. The molecule has 0 aliphatic rings. The van der Waals surface area contributed by atoms with Gasteiger partial charge in [0.05, 0.1) is 12.4 Å². The van der Waals surface area contributed by atoms with Gasteiger partial charge in [-0.15, -0.1) is 0 Å². The van der Waals surface area contributed by atoms with Crippen molar-refractivity contribution in [2.24, 2.45) is 0 Å². The summed E-state index contributed by atoms with van der Waals surface area (Å²) < 4.78 is 2.00. The van der Waals surface area contributed by atoms with E-state index in [2.05, 4.69) is 55.3 Å². The maximum atomic E-state index is 12.6. The Bertz CT molecular complexity index is 873. The van der Waals surface area contributed by atoms with E-state index in [0.717, 1.165) is 17.7 Å². The van der Waals surface area contributed by atoms with Crippen LogP contribution in [0.1, 0.15) is 60.8 Å². The molecule has 0 aliphatic carbocycles. The van der Waals surface area contributed by atoms with Crippen LogP contribution in [0.4, 0.5) is 0 Å². The van der Waals surface area contributed by atoms with Gasteiger partial charge in [0.1, 0.15) is 0 Å². The van der Waals surface area contributed by atoms with E-state index in [1.165, 1.54) is 5.56 Å². The topological polar surface area (TPSA) is 46.9 Å². The normalized spacial score (nSPS) is 12.6. The van der Waals surface area contributed by atoms with Crippen molar-refractivity contribution in [3.05, 3.63) is 89.5 Å². The Morgan fingerprint density at radius 3 is 2.30 bits per heavy atom. The number of aromatic nitrogens is 2. The predicted molar refractivity (Wildman–Crippen MR) is 109 cm³/mol. The zero-order valence-electron chi connectivity index (χ0n) is 16.4. The van der Waals surface area contributed by atoms with Crippen LogP contribution in [0.5, 0.6) is 0 Å². The van der Waals surface area contributed by atoms with E-state index in [-0.39, 0.29) is 17.4 Å².